The number of carbonyl (C=O) groups is 1. The van der Waals surface area contributed by atoms with Crippen LogP contribution in [0.4, 0.5) is 4.39 Å². The molecule has 1 atom stereocenters. The first kappa shape index (κ1) is 15.7. The summed E-state index contributed by atoms with van der Waals surface area (Å²) >= 11 is 11.7. The molecule has 2 rings (SSSR count). The number of aliphatic carboxylic acids is 1. The van der Waals surface area contributed by atoms with Gasteiger partial charge in [-0.1, -0.05) is 35.3 Å². The number of hydrogen-bond donors (Lipinski definition) is 1. The van der Waals surface area contributed by atoms with E-state index in [1.807, 2.05) is 0 Å². The van der Waals surface area contributed by atoms with Crippen LogP contribution in [-0.4, -0.2) is 16.1 Å². The third kappa shape index (κ3) is 4.41. The van der Waals surface area contributed by atoms with Crippen LogP contribution < -0.4 is 0 Å². The molecule has 2 aromatic rings. The Morgan fingerprint density at radius 3 is 2.48 bits per heavy atom. The lowest BCUT2D eigenvalue weighted by molar-refractivity contribution is -0.141. The van der Waals surface area contributed by atoms with Crippen molar-refractivity contribution in [3.8, 4) is 0 Å². The van der Waals surface area contributed by atoms with E-state index in [-0.39, 0.29) is 23.8 Å². The molecule has 0 aliphatic heterocycles. The van der Waals surface area contributed by atoms with E-state index in [0.717, 1.165) is 5.56 Å². The zero-order chi connectivity index (χ0) is 15.4. The highest BCUT2D eigenvalue weighted by atomic mass is 35.5. The molecule has 1 heterocycles. The first-order valence-corrected chi connectivity index (χ1v) is 6.98. The highest BCUT2D eigenvalue weighted by Crippen LogP contribution is 2.23. The molecule has 1 aromatic carbocycles. The number of rotatable bonds is 5. The topological polar surface area (TPSA) is 50.2 Å². The van der Waals surface area contributed by atoms with Crippen molar-refractivity contribution in [3.63, 3.8) is 0 Å². The molecule has 21 heavy (non-hydrogen) atoms. The molecule has 0 saturated heterocycles. The largest absolute Gasteiger partial charge is 0.481 e. The van der Waals surface area contributed by atoms with Gasteiger partial charge >= 0.3 is 5.97 Å². The third-order valence-electron chi connectivity index (χ3n) is 3.11. The van der Waals surface area contributed by atoms with Crippen LogP contribution in [0.3, 0.4) is 0 Å². The van der Waals surface area contributed by atoms with Gasteiger partial charge in [-0.3, -0.25) is 4.79 Å². The van der Waals surface area contributed by atoms with Gasteiger partial charge in [0.25, 0.3) is 0 Å². The summed E-state index contributed by atoms with van der Waals surface area (Å²) in [7, 11) is 0. The van der Waals surface area contributed by atoms with Crippen LogP contribution in [0.2, 0.25) is 10.2 Å². The summed E-state index contributed by atoms with van der Waals surface area (Å²) < 4.78 is 12.9. The molecule has 0 aliphatic carbocycles. The Hall–Kier alpha value is -1.65. The van der Waals surface area contributed by atoms with Crippen LogP contribution in [0.1, 0.15) is 11.1 Å². The second kappa shape index (κ2) is 6.87. The van der Waals surface area contributed by atoms with Gasteiger partial charge in [-0.05, 0) is 42.2 Å². The first-order valence-electron chi connectivity index (χ1n) is 6.23. The van der Waals surface area contributed by atoms with Crippen molar-refractivity contribution < 1.29 is 14.3 Å². The summed E-state index contributed by atoms with van der Waals surface area (Å²) in [6, 6.07) is 7.26. The maximum Gasteiger partial charge on any atom is 0.307 e. The molecule has 0 aliphatic rings. The van der Waals surface area contributed by atoms with E-state index < -0.39 is 11.9 Å². The lowest BCUT2D eigenvalue weighted by atomic mass is 9.93. The average Bonchev–Trinajstić information content (AvgIpc) is 2.43. The van der Waals surface area contributed by atoms with E-state index in [1.165, 1.54) is 24.4 Å². The van der Waals surface area contributed by atoms with E-state index in [0.29, 0.717) is 10.6 Å². The van der Waals surface area contributed by atoms with Crippen molar-refractivity contribution in [1.82, 2.24) is 4.98 Å². The molecule has 0 bridgehead atoms. The van der Waals surface area contributed by atoms with Crippen molar-refractivity contribution in [2.45, 2.75) is 12.8 Å². The van der Waals surface area contributed by atoms with Gasteiger partial charge < -0.3 is 5.11 Å². The Bertz CT molecular complexity index is 647. The maximum atomic E-state index is 12.9. The molecular formula is C15H12Cl2FNO2. The number of carboxylic acid groups (broad SMARTS) is 1. The number of aromatic nitrogens is 1. The Morgan fingerprint density at radius 2 is 1.90 bits per heavy atom. The highest BCUT2D eigenvalue weighted by Gasteiger charge is 2.20. The fraction of sp³-hybridized carbons (Fsp3) is 0.200. The van der Waals surface area contributed by atoms with Gasteiger partial charge in [0.1, 0.15) is 11.0 Å². The molecular weight excluding hydrogens is 316 g/mol. The summed E-state index contributed by atoms with van der Waals surface area (Å²) in [5, 5.41) is 9.98. The van der Waals surface area contributed by atoms with E-state index in [2.05, 4.69) is 4.98 Å². The smallest absolute Gasteiger partial charge is 0.307 e. The Balaban J connectivity index is 2.15. The van der Waals surface area contributed by atoms with Crippen LogP contribution >= 0.6 is 23.2 Å². The molecule has 0 saturated carbocycles. The minimum Gasteiger partial charge on any atom is -0.481 e. The number of benzene rings is 1. The molecule has 0 spiro atoms. The maximum absolute atomic E-state index is 12.9. The molecule has 0 radical (unpaired) electrons. The lowest BCUT2D eigenvalue weighted by Gasteiger charge is -2.13. The Morgan fingerprint density at radius 1 is 1.24 bits per heavy atom. The molecule has 1 unspecified atom stereocenters. The molecule has 110 valence electrons. The first-order chi connectivity index (χ1) is 9.95. The second-order valence-electron chi connectivity index (χ2n) is 4.67. The number of nitrogens with zero attached hydrogens (tertiary/aromatic N) is 1. The normalized spacial score (nSPS) is 12.1. The zero-order valence-electron chi connectivity index (χ0n) is 10.9. The second-order valence-corrected chi connectivity index (χ2v) is 5.46. The fourth-order valence-corrected chi connectivity index (χ4v) is 2.45. The number of pyridine rings is 1. The van der Waals surface area contributed by atoms with Gasteiger partial charge in [-0.2, -0.15) is 0 Å². The highest BCUT2D eigenvalue weighted by molar-refractivity contribution is 6.34. The quantitative estimate of drug-likeness (QED) is 0.844. The van der Waals surface area contributed by atoms with Gasteiger partial charge in [-0.15, -0.1) is 0 Å². The van der Waals surface area contributed by atoms with Crippen LogP contribution in [0.25, 0.3) is 0 Å². The van der Waals surface area contributed by atoms with Crippen LogP contribution in [0.5, 0.6) is 0 Å². The molecule has 1 aromatic heterocycles. The monoisotopic (exact) mass is 327 g/mol. The van der Waals surface area contributed by atoms with Gasteiger partial charge in [-0.25, -0.2) is 9.37 Å². The SMILES string of the molecule is O=C(O)C(Cc1ccc(F)cc1)Cc1cnc(Cl)cc1Cl. The number of carboxylic acids is 1. The predicted molar refractivity (Wildman–Crippen MR) is 79.2 cm³/mol. The zero-order valence-corrected chi connectivity index (χ0v) is 12.4. The minimum absolute atomic E-state index is 0.232. The summed E-state index contributed by atoms with van der Waals surface area (Å²) in [5.41, 5.74) is 1.37. The summed E-state index contributed by atoms with van der Waals surface area (Å²) in [6.07, 6.45) is 2.00. The van der Waals surface area contributed by atoms with Crippen LogP contribution in [0.15, 0.2) is 36.5 Å². The molecule has 6 heteroatoms. The van der Waals surface area contributed by atoms with Crippen LogP contribution in [0, 0.1) is 11.7 Å². The van der Waals surface area contributed by atoms with E-state index in [1.54, 1.807) is 12.1 Å². The number of halogens is 3. The lowest BCUT2D eigenvalue weighted by Crippen LogP contribution is -2.19. The average molecular weight is 328 g/mol. The van der Waals surface area contributed by atoms with E-state index in [4.69, 9.17) is 23.2 Å². The number of hydrogen-bond acceptors (Lipinski definition) is 2. The van der Waals surface area contributed by atoms with Crippen molar-refractivity contribution in [1.29, 1.82) is 0 Å². The van der Waals surface area contributed by atoms with Crippen LogP contribution in [-0.2, 0) is 17.6 Å². The Labute approximate surface area is 131 Å². The molecule has 0 fully saturated rings. The summed E-state index contributed by atoms with van der Waals surface area (Å²) in [6.45, 7) is 0. The van der Waals surface area contributed by atoms with Gasteiger partial charge in [0.2, 0.25) is 0 Å². The molecule has 3 nitrogen and oxygen atoms in total. The van der Waals surface area contributed by atoms with Crippen molar-refractivity contribution in [3.05, 3.63) is 63.6 Å². The minimum atomic E-state index is -0.939. The Kier molecular flexibility index (Phi) is 5.15. The van der Waals surface area contributed by atoms with Crippen molar-refractivity contribution >= 4 is 29.2 Å². The standard InChI is InChI=1S/C15H12Cl2FNO2/c16-13-7-14(17)19-8-11(13)6-10(15(20)21)5-9-1-3-12(18)4-2-9/h1-4,7-8,10H,5-6H2,(H,20,21). The van der Waals surface area contributed by atoms with Crippen molar-refractivity contribution in [2.24, 2.45) is 5.92 Å². The molecule has 1 N–H and O–H groups in total. The van der Waals surface area contributed by atoms with E-state index in [9.17, 15) is 14.3 Å². The fourth-order valence-electron chi connectivity index (χ4n) is 2.00. The summed E-state index contributed by atoms with van der Waals surface area (Å²) in [5.74, 6) is -1.96. The van der Waals surface area contributed by atoms with Gasteiger partial charge in [0, 0.05) is 11.2 Å². The predicted octanol–water partition coefficient (Wildman–Crippen LogP) is 4.01. The van der Waals surface area contributed by atoms with Gasteiger partial charge in [0.05, 0.1) is 5.92 Å². The summed E-state index contributed by atoms with van der Waals surface area (Å²) in [4.78, 5) is 15.3. The van der Waals surface area contributed by atoms with E-state index >= 15 is 0 Å². The van der Waals surface area contributed by atoms with Crippen molar-refractivity contribution in [2.75, 3.05) is 0 Å². The molecule has 0 amide bonds. The third-order valence-corrected chi connectivity index (χ3v) is 3.67. The van der Waals surface area contributed by atoms with Gasteiger partial charge in [0.15, 0.2) is 0 Å².